The molecule has 0 aromatic heterocycles. The number of carbonyl (C=O) groups excluding carboxylic acids is 3. The summed E-state index contributed by atoms with van der Waals surface area (Å²) >= 11 is 0. The molecule has 0 N–H and O–H groups in total. The van der Waals surface area contributed by atoms with E-state index in [2.05, 4.69) is 0 Å². The molecule has 3 aromatic rings. The zero-order valence-electron chi connectivity index (χ0n) is 20.2. The molecule has 0 heterocycles. The van der Waals surface area contributed by atoms with Crippen molar-refractivity contribution in [2.24, 2.45) is 0 Å². The minimum atomic E-state index is -1.61. The van der Waals surface area contributed by atoms with Gasteiger partial charge in [-0.25, -0.2) is 14.4 Å². The first kappa shape index (κ1) is 26.6. The highest BCUT2D eigenvalue weighted by Gasteiger charge is 2.40. The Morgan fingerprint density at radius 1 is 0.528 bits per heavy atom. The van der Waals surface area contributed by atoms with E-state index >= 15 is 0 Å². The van der Waals surface area contributed by atoms with Gasteiger partial charge in [0.2, 0.25) is 6.10 Å². The van der Waals surface area contributed by atoms with Crippen LogP contribution in [0.25, 0.3) is 0 Å². The molecule has 0 aliphatic rings. The van der Waals surface area contributed by atoms with E-state index in [4.69, 9.17) is 23.7 Å². The first-order chi connectivity index (χ1) is 17.5. The average molecular weight is 493 g/mol. The molecule has 3 rings (SSSR count). The SMILES string of the molecule is COC(=O)[C@H](OC(=O)[C@@H](OC)c1ccccc1)[C@H](OC(=O)[C@@H](OC)c1ccccc1)c1ccccc1. The molecule has 3 aromatic carbocycles. The van der Waals surface area contributed by atoms with Crippen LogP contribution in [0.1, 0.15) is 35.0 Å². The van der Waals surface area contributed by atoms with Crippen molar-refractivity contribution in [3.63, 3.8) is 0 Å². The Kier molecular flexibility index (Phi) is 9.73. The van der Waals surface area contributed by atoms with E-state index in [0.717, 1.165) is 7.11 Å². The highest BCUT2D eigenvalue weighted by Crippen LogP contribution is 2.30. The third-order valence-electron chi connectivity index (χ3n) is 5.43. The van der Waals surface area contributed by atoms with Crippen LogP contribution < -0.4 is 0 Å². The lowest BCUT2D eigenvalue weighted by molar-refractivity contribution is -0.190. The number of benzene rings is 3. The molecule has 0 aliphatic carbocycles. The lowest BCUT2D eigenvalue weighted by Gasteiger charge is -2.28. The Morgan fingerprint density at radius 2 is 0.917 bits per heavy atom. The highest BCUT2D eigenvalue weighted by atomic mass is 16.6. The molecule has 4 atom stereocenters. The highest BCUT2D eigenvalue weighted by molar-refractivity contribution is 5.83. The van der Waals surface area contributed by atoms with E-state index in [-0.39, 0.29) is 0 Å². The molecule has 0 saturated carbocycles. The number of hydrogen-bond acceptors (Lipinski definition) is 8. The van der Waals surface area contributed by atoms with Gasteiger partial charge in [0.25, 0.3) is 0 Å². The summed E-state index contributed by atoms with van der Waals surface area (Å²) in [6.45, 7) is 0. The predicted molar refractivity (Wildman–Crippen MR) is 130 cm³/mol. The summed E-state index contributed by atoms with van der Waals surface area (Å²) in [5.74, 6) is -2.52. The summed E-state index contributed by atoms with van der Waals surface area (Å²) in [4.78, 5) is 39.2. The van der Waals surface area contributed by atoms with E-state index in [1.54, 1.807) is 91.0 Å². The maximum absolute atomic E-state index is 13.2. The van der Waals surface area contributed by atoms with Crippen LogP contribution >= 0.6 is 0 Å². The molecule has 0 unspecified atom stereocenters. The Hall–Kier alpha value is -4.01. The van der Waals surface area contributed by atoms with Gasteiger partial charge in [0, 0.05) is 14.2 Å². The summed E-state index contributed by atoms with van der Waals surface area (Å²) < 4.78 is 27.0. The van der Waals surface area contributed by atoms with E-state index in [1.165, 1.54) is 14.2 Å². The van der Waals surface area contributed by atoms with Crippen LogP contribution in [-0.2, 0) is 38.1 Å². The quantitative estimate of drug-likeness (QED) is 0.291. The molecule has 0 bridgehead atoms. The van der Waals surface area contributed by atoms with Gasteiger partial charge in [-0.05, 0) is 16.7 Å². The van der Waals surface area contributed by atoms with Crippen LogP contribution in [0.4, 0.5) is 0 Å². The fourth-order valence-corrected chi connectivity index (χ4v) is 3.66. The summed E-state index contributed by atoms with van der Waals surface area (Å²) in [7, 11) is 3.88. The molecule has 0 spiro atoms. The van der Waals surface area contributed by atoms with Gasteiger partial charge in [-0.1, -0.05) is 91.0 Å². The number of methoxy groups -OCH3 is 3. The molecular weight excluding hydrogens is 464 g/mol. The number of rotatable bonds is 11. The number of esters is 3. The van der Waals surface area contributed by atoms with Crippen LogP contribution in [0.2, 0.25) is 0 Å². The van der Waals surface area contributed by atoms with E-state index in [9.17, 15) is 14.4 Å². The first-order valence-electron chi connectivity index (χ1n) is 11.2. The lowest BCUT2D eigenvalue weighted by atomic mass is 10.0. The number of ether oxygens (including phenoxy) is 5. The van der Waals surface area contributed by atoms with Crippen molar-refractivity contribution in [1.82, 2.24) is 0 Å². The fourth-order valence-electron chi connectivity index (χ4n) is 3.66. The molecule has 0 radical (unpaired) electrons. The number of carbonyl (C=O) groups is 3. The monoisotopic (exact) mass is 492 g/mol. The van der Waals surface area contributed by atoms with Gasteiger partial charge in [0.1, 0.15) is 0 Å². The smallest absolute Gasteiger partial charge is 0.351 e. The van der Waals surface area contributed by atoms with Crippen molar-refractivity contribution >= 4 is 17.9 Å². The minimum absolute atomic E-state index is 0.422. The Labute approximate surface area is 209 Å². The normalized spacial score (nSPS) is 14.1. The molecule has 0 fully saturated rings. The molecule has 188 valence electrons. The van der Waals surface area contributed by atoms with Crippen molar-refractivity contribution in [3.05, 3.63) is 108 Å². The molecule has 0 aliphatic heterocycles. The second-order valence-electron chi connectivity index (χ2n) is 7.70. The second kappa shape index (κ2) is 13.2. The lowest BCUT2D eigenvalue weighted by Crippen LogP contribution is -2.39. The van der Waals surface area contributed by atoms with E-state index in [0.29, 0.717) is 16.7 Å². The van der Waals surface area contributed by atoms with E-state index in [1.807, 2.05) is 0 Å². The molecular formula is C28H28O8. The van der Waals surface area contributed by atoms with Crippen molar-refractivity contribution in [2.75, 3.05) is 21.3 Å². The third-order valence-corrected chi connectivity index (χ3v) is 5.43. The molecule has 8 nitrogen and oxygen atoms in total. The van der Waals surface area contributed by atoms with Crippen LogP contribution in [0.5, 0.6) is 0 Å². The van der Waals surface area contributed by atoms with Crippen LogP contribution in [0, 0.1) is 0 Å². The summed E-state index contributed by atoms with van der Waals surface area (Å²) in [5, 5.41) is 0. The summed E-state index contributed by atoms with van der Waals surface area (Å²) in [6, 6.07) is 25.9. The summed E-state index contributed by atoms with van der Waals surface area (Å²) in [6.07, 6.45) is -5.10. The maximum Gasteiger partial charge on any atom is 0.351 e. The molecule has 0 amide bonds. The number of hydrogen-bond donors (Lipinski definition) is 0. The second-order valence-corrected chi connectivity index (χ2v) is 7.70. The largest absolute Gasteiger partial charge is 0.466 e. The molecule has 36 heavy (non-hydrogen) atoms. The topological polar surface area (TPSA) is 97.4 Å². The van der Waals surface area contributed by atoms with Crippen molar-refractivity contribution in [1.29, 1.82) is 0 Å². The predicted octanol–water partition coefficient (Wildman–Crippen LogP) is 4.13. The third kappa shape index (κ3) is 6.56. The van der Waals surface area contributed by atoms with Crippen molar-refractivity contribution in [3.8, 4) is 0 Å². The van der Waals surface area contributed by atoms with Crippen molar-refractivity contribution in [2.45, 2.75) is 24.4 Å². The van der Waals surface area contributed by atoms with Crippen molar-refractivity contribution < 1.29 is 38.1 Å². The standard InChI is InChI=1S/C28H28O8/c1-32-23(20-15-9-5-10-16-20)27(30)35-22(19-13-7-4-8-14-19)25(26(29)34-3)36-28(31)24(33-2)21-17-11-6-12-18-21/h4-18,22-25H,1-3H3/t22-,23+,24+,25-/m1/s1. The van der Waals surface area contributed by atoms with Gasteiger partial charge < -0.3 is 23.7 Å². The van der Waals surface area contributed by atoms with Gasteiger partial charge >= 0.3 is 17.9 Å². The van der Waals surface area contributed by atoms with Gasteiger partial charge in [-0.3, -0.25) is 0 Å². The maximum atomic E-state index is 13.2. The zero-order chi connectivity index (χ0) is 25.9. The van der Waals surface area contributed by atoms with Gasteiger partial charge in [-0.2, -0.15) is 0 Å². The molecule has 0 saturated heterocycles. The average Bonchev–Trinajstić information content (AvgIpc) is 2.92. The Morgan fingerprint density at radius 3 is 1.31 bits per heavy atom. The van der Waals surface area contributed by atoms with Gasteiger partial charge in [-0.15, -0.1) is 0 Å². The van der Waals surface area contributed by atoms with Gasteiger partial charge in [0.15, 0.2) is 18.3 Å². The molecule has 8 heteroatoms. The van der Waals surface area contributed by atoms with Crippen LogP contribution in [-0.4, -0.2) is 45.3 Å². The summed E-state index contributed by atoms with van der Waals surface area (Å²) in [5.41, 5.74) is 1.52. The Bertz CT molecular complexity index is 1120. The minimum Gasteiger partial charge on any atom is -0.466 e. The van der Waals surface area contributed by atoms with E-state index < -0.39 is 42.3 Å². The Balaban J connectivity index is 1.94. The van der Waals surface area contributed by atoms with Gasteiger partial charge in [0.05, 0.1) is 7.11 Å². The van der Waals surface area contributed by atoms with Crippen LogP contribution in [0.3, 0.4) is 0 Å². The first-order valence-corrected chi connectivity index (χ1v) is 11.2. The fraction of sp³-hybridized carbons (Fsp3) is 0.250. The van der Waals surface area contributed by atoms with Crippen LogP contribution in [0.15, 0.2) is 91.0 Å². The zero-order valence-corrected chi connectivity index (χ0v) is 20.2.